The maximum Gasteiger partial charge on any atom is 0.188 e. The molecule has 0 aliphatic rings. The summed E-state index contributed by atoms with van der Waals surface area (Å²) in [5.74, 6) is 1.04. The molecule has 0 bridgehead atoms. The molecule has 0 spiro atoms. The van der Waals surface area contributed by atoms with Crippen LogP contribution in [-0.4, -0.2) is 17.9 Å². The Balaban J connectivity index is 0.00000171. The van der Waals surface area contributed by atoms with Crippen LogP contribution in [0.5, 0.6) is 5.75 Å². The van der Waals surface area contributed by atoms with E-state index in [1.165, 1.54) is 30.7 Å². The molecule has 1 N–H and O–H groups in total. The van der Waals surface area contributed by atoms with Gasteiger partial charge in [-0.3, -0.25) is 0 Å². The van der Waals surface area contributed by atoms with Crippen molar-refractivity contribution in [3.63, 3.8) is 0 Å². The van der Waals surface area contributed by atoms with Crippen LogP contribution in [0.3, 0.4) is 0 Å². The Morgan fingerprint density at radius 1 is 1.32 bits per heavy atom. The molecule has 0 aliphatic heterocycles. The first-order chi connectivity index (χ1) is 13.4. The van der Waals surface area contributed by atoms with Gasteiger partial charge in [0.1, 0.15) is 5.84 Å². The monoisotopic (exact) mass is 407 g/mol. The van der Waals surface area contributed by atoms with Crippen LogP contribution < -0.4 is 10.1 Å². The van der Waals surface area contributed by atoms with Crippen LogP contribution in [-0.2, 0) is 6.42 Å². The Hall–Kier alpha value is -2.21. The van der Waals surface area contributed by atoms with Gasteiger partial charge < -0.3 is 10.1 Å². The molecule has 0 saturated heterocycles. The zero-order chi connectivity index (χ0) is 21.7. The number of ether oxygens (including phenoxy) is 1. The number of benzene rings is 1. The molecule has 0 saturated carbocycles. The van der Waals surface area contributed by atoms with Gasteiger partial charge >= 0.3 is 0 Å². The summed E-state index contributed by atoms with van der Waals surface area (Å²) in [6.45, 7) is 17.7. The number of anilines is 1. The number of amidine groups is 1. The Morgan fingerprint density at radius 3 is 2.50 bits per heavy atom. The van der Waals surface area contributed by atoms with Gasteiger partial charge in [0, 0.05) is 6.20 Å². The number of thiazole rings is 1. The minimum Gasteiger partial charge on any atom is -0.494 e. The molecule has 1 aromatic heterocycles. The average molecular weight is 408 g/mol. The summed E-state index contributed by atoms with van der Waals surface area (Å²) < 4.78 is 18.8. The zero-order valence-electron chi connectivity index (χ0n) is 18.4. The largest absolute Gasteiger partial charge is 0.494 e. The van der Waals surface area contributed by atoms with E-state index in [0.717, 1.165) is 33.5 Å². The van der Waals surface area contributed by atoms with Crippen molar-refractivity contribution in [1.29, 1.82) is 0 Å². The van der Waals surface area contributed by atoms with Crippen LogP contribution in [0.1, 0.15) is 54.2 Å². The SMILES string of the molecule is C=CN=C(C)Nc1nc(CC(C)C)c(-c2ccc(F)c(OC)c2)s1.CC.CC. The van der Waals surface area contributed by atoms with Gasteiger partial charge in [-0.05, 0) is 37.0 Å². The van der Waals surface area contributed by atoms with E-state index in [0.29, 0.717) is 5.92 Å². The molecule has 0 unspecified atom stereocenters. The maximum absolute atomic E-state index is 13.7. The predicted molar refractivity (Wildman–Crippen MR) is 122 cm³/mol. The highest BCUT2D eigenvalue weighted by molar-refractivity contribution is 7.19. The lowest BCUT2D eigenvalue weighted by molar-refractivity contribution is 0.387. The fourth-order valence-electron chi connectivity index (χ4n) is 2.28. The van der Waals surface area contributed by atoms with Crippen LogP contribution >= 0.6 is 11.3 Å². The third-order valence-corrected chi connectivity index (χ3v) is 4.35. The van der Waals surface area contributed by atoms with Crippen LogP contribution in [0.15, 0.2) is 36.0 Å². The first-order valence-electron chi connectivity index (χ1n) is 9.70. The normalized spacial score (nSPS) is 10.4. The van der Waals surface area contributed by atoms with Crippen LogP contribution in [0.25, 0.3) is 10.4 Å². The lowest BCUT2D eigenvalue weighted by Crippen LogP contribution is -2.06. The van der Waals surface area contributed by atoms with Gasteiger partial charge in [-0.15, -0.1) is 0 Å². The van der Waals surface area contributed by atoms with E-state index in [-0.39, 0.29) is 11.6 Å². The number of aromatic nitrogens is 1. The number of nitrogens with one attached hydrogen (secondary N) is 1. The zero-order valence-corrected chi connectivity index (χ0v) is 19.2. The molecule has 6 heteroatoms. The van der Waals surface area contributed by atoms with Crippen molar-refractivity contribution in [2.45, 2.75) is 54.9 Å². The minimum absolute atomic E-state index is 0.232. The Bertz CT molecular complexity index is 754. The first kappa shape index (κ1) is 25.8. The Labute approximate surface area is 173 Å². The topological polar surface area (TPSA) is 46.5 Å². The average Bonchev–Trinajstić information content (AvgIpc) is 3.06. The number of hydrogen-bond donors (Lipinski definition) is 1. The summed E-state index contributed by atoms with van der Waals surface area (Å²) in [4.78, 5) is 9.79. The van der Waals surface area contributed by atoms with Crippen molar-refractivity contribution in [3.8, 4) is 16.2 Å². The molecule has 1 heterocycles. The standard InChI is InChI=1S/C18H22FN3OS.2C2H6/c1-6-20-12(4)21-18-22-15(9-11(2)3)17(24-18)13-7-8-14(19)16(10-13)23-5;2*1-2/h6-8,10-11H,1,9H2,2-5H3,(H,20,21,22);2*1-2H3. The highest BCUT2D eigenvalue weighted by atomic mass is 32.1. The molecule has 28 heavy (non-hydrogen) atoms. The molecule has 1 aromatic carbocycles. The molecular formula is C22H34FN3OS. The maximum atomic E-state index is 13.7. The van der Waals surface area contributed by atoms with E-state index in [9.17, 15) is 4.39 Å². The predicted octanol–water partition coefficient (Wildman–Crippen LogP) is 7.18. The van der Waals surface area contributed by atoms with Crippen molar-refractivity contribution in [2.75, 3.05) is 12.4 Å². The van der Waals surface area contributed by atoms with Crippen molar-refractivity contribution < 1.29 is 9.13 Å². The molecule has 4 nitrogen and oxygen atoms in total. The highest BCUT2D eigenvalue weighted by Crippen LogP contribution is 2.36. The molecule has 0 atom stereocenters. The summed E-state index contributed by atoms with van der Waals surface area (Å²) in [6.07, 6.45) is 2.32. The van der Waals surface area contributed by atoms with Crippen LogP contribution in [0, 0.1) is 11.7 Å². The number of halogens is 1. The molecular weight excluding hydrogens is 373 g/mol. The number of methoxy groups -OCH3 is 1. The quantitative estimate of drug-likeness (QED) is 0.407. The highest BCUT2D eigenvalue weighted by Gasteiger charge is 2.16. The Morgan fingerprint density at radius 2 is 1.96 bits per heavy atom. The van der Waals surface area contributed by atoms with E-state index < -0.39 is 0 Å². The van der Waals surface area contributed by atoms with Crippen molar-refractivity contribution in [2.24, 2.45) is 10.9 Å². The van der Waals surface area contributed by atoms with E-state index in [1.54, 1.807) is 12.1 Å². The van der Waals surface area contributed by atoms with E-state index in [2.05, 4.69) is 35.7 Å². The summed E-state index contributed by atoms with van der Waals surface area (Å²) >= 11 is 1.52. The lowest BCUT2D eigenvalue weighted by Gasteiger charge is -2.07. The van der Waals surface area contributed by atoms with Gasteiger partial charge in [0.05, 0.1) is 17.7 Å². The van der Waals surface area contributed by atoms with Crippen molar-refractivity contribution >= 4 is 22.3 Å². The second-order valence-electron chi connectivity index (χ2n) is 5.76. The molecule has 0 radical (unpaired) electrons. The van der Waals surface area contributed by atoms with Gasteiger partial charge in [-0.25, -0.2) is 14.4 Å². The number of nitrogens with zero attached hydrogens (tertiary/aromatic N) is 2. The molecule has 156 valence electrons. The van der Waals surface area contributed by atoms with Gasteiger partial charge in [0.25, 0.3) is 0 Å². The molecule has 2 aromatic rings. The summed E-state index contributed by atoms with van der Waals surface area (Å²) in [5.41, 5.74) is 1.88. The van der Waals surface area contributed by atoms with Gasteiger partial charge in [0.2, 0.25) is 0 Å². The number of aliphatic imine (C=N–C) groups is 1. The van der Waals surface area contributed by atoms with Crippen LogP contribution in [0.2, 0.25) is 0 Å². The Kier molecular flexibility index (Phi) is 12.8. The van der Waals surface area contributed by atoms with Crippen molar-refractivity contribution in [1.82, 2.24) is 4.98 Å². The fourth-order valence-corrected chi connectivity index (χ4v) is 3.32. The third kappa shape index (κ3) is 7.80. The summed E-state index contributed by atoms with van der Waals surface area (Å²) in [6, 6.07) is 4.88. The fraction of sp³-hybridized carbons (Fsp3) is 0.455. The molecule has 0 fully saturated rings. The van der Waals surface area contributed by atoms with Gasteiger partial charge in [-0.2, -0.15) is 0 Å². The lowest BCUT2D eigenvalue weighted by atomic mass is 10.0. The first-order valence-corrected chi connectivity index (χ1v) is 10.5. The second-order valence-corrected chi connectivity index (χ2v) is 6.76. The van der Waals surface area contributed by atoms with E-state index >= 15 is 0 Å². The van der Waals surface area contributed by atoms with Crippen LogP contribution in [0.4, 0.5) is 9.52 Å². The number of hydrogen-bond acceptors (Lipinski definition) is 4. The number of rotatable bonds is 6. The van der Waals surface area contributed by atoms with Gasteiger partial charge in [0.15, 0.2) is 16.7 Å². The van der Waals surface area contributed by atoms with E-state index in [1.807, 2.05) is 34.6 Å². The van der Waals surface area contributed by atoms with E-state index in [4.69, 9.17) is 4.74 Å². The van der Waals surface area contributed by atoms with Gasteiger partial charge in [-0.1, -0.05) is 65.5 Å². The molecule has 2 rings (SSSR count). The smallest absolute Gasteiger partial charge is 0.188 e. The minimum atomic E-state index is -0.372. The van der Waals surface area contributed by atoms with Crippen molar-refractivity contribution in [3.05, 3.63) is 42.5 Å². The second kappa shape index (κ2) is 13.9. The third-order valence-electron chi connectivity index (χ3n) is 3.29. The molecule has 0 amide bonds. The molecule has 0 aliphatic carbocycles. The summed E-state index contributed by atoms with van der Waals surface area (Å²) in [5, 5.41) is 3.92. The summed E-state index contributed by atoms with van der Waals surface area (Å²) in [7, 11) is 1.46.